The summed E-state index contributed by atoms with van der Waals surface area (Å²) in [5, 5.41) is 0. The van der Waals surface area contributed by atoms with Gasteiger partial charge in [0.2, 0.25) is 0 Å². The highest BCUT2D eigenvalue weighted by atomic mass is 127. The number of likely N-dealkylation sites (tertiary alicyclic amines) is 1. The van der Waals surface area contributed by atoms with Gasteiger partial charge in [-0.05, 0) is 0 Å². The highest BCUT2D eigenvalue weighted by molar-refractivity contribution is 14.0. The van der Waals surface area contributed by atoms with E-state index in [4.69, 9.17) is 0 Å². The summed E-state index contributed by atoms with van der Waals surface area (Å²) in [6.07, 6.45) is 1.57. The lowest BCUT2D eigenvalue weighted by Crippen LogP contribution is -2.46. The van der Waals surface area contributed by atoms with Crippen LogP contribution in [0.1, 0.15) is 12.8 Å². The number of carbonyl (C=O) groups excluding carboxylic acids is 1. The van der Waals surface area contributed by atoms with Crippen molar-refractivity contribution in [2.75, 3.05) is 27.2 Å². The van der Waals surface area contributed by atoms with Crippen LogP contribution < -0.4 is 0 Å². The molecule has 0 aromatic rings. The van der Waals surface area contributed by atoms with E-state index in [0.717, 1.165) is 30.4 Å². The molecule has 10 heavy (non-hydrogen) atoms. The van der Waals surface area contributed by atoms with Gasteiger partial charge < -0.3 is 4.48 Å². The van der Waals surface area contributed by atoms with Crippen LogP contribution in [0.4, 0.5) is 0 Å². The number of hydrogen-bond donors (Lipinski definition) is 0. The zero-order valence-corrected chi connectivity index (χ0v) is 8.92. The topological polar surface area (TPSA) is 17.1 Å². The molecule has 0 aromatic heterocycles. The van der Waals surface area contributed by atoms with E-state index in [1.165, 1.54) is 0 Å². The van der Waals surface area contributed by atoms with Crippen LogP contribution >= 0.6 is 24.0 Å². The second-order valence-electron chi connectivity index (χ2n) is 3.42. The lowest BCUT2D eigenvalue weighted by molar-refractivity contribution is -0.891. The van der Waals surface area contributed by atoms with Crippen molar-refractivity contribution in [3.05, 3.63) is 0 Å². The first-order valence-electron chi connectivity index (χ1n) is 3.44. The minimum absolute atomic E-state index is 0. The summed E-state index contributed by atoms with van der Waals surface area (Å²) in [5.74, 6) is 0.437. The van der Waals surface area contributed by atoms with E-state index in [0.29, 0.717) is 5.78 Å². The van der Waals surface area contributed by atoms with Gasteiger partial charge in [-0.3, -0.25) is 4.79 Å². The van der Waals surface area contributed by atoms with Gasteiger partial charge in [-0.15, -0.1) is 24.0 Å². The molecule has 0 saturated carbocycles. The highest BCUT2D eigenvalue weighted by Gasteiger charge is 2.23. The lowest BCUT2D eigenvalue weighted by atomic mass is 10.1. The quantitative estimate of drug-likeness (QED) is 0.467. The van der Waals surface area contributed by atoms with E-state index in [1.807, 2.05) is 0 Å². The molecule has 1 aliphatic rings. The van der Waals surface area contributed by atoms with E-state index in [2.05, 4.69) is 14.1 Å². The van der Waals surface area contributed by atoms with Crippen molar-refractivity contribution < 1.29 is 9.28 Å². The molecule has 0 N–H and O–H groups in total. The number of rotatable bonds is 0. The van der Waals surface area contributed by atoms with E-state index in [9.17, 15) is 4.79 Å². The zero-order chi connectivity index (χ0) is 6.91. The molecule has 0 radical (unpaired) electrons. The minimum Gasteiger partial charge on any atom is -0.328 e. The van der Waals surface area contributed by atoms with Gasteiger partial charge in [-0.1, -0.05) is 0 Å². The molecule has 0 unspecified atom stereocenters. The van der Waals surface area contributed by atoms with Crippen molar-refractivity contribution in [3.63, 3.8) is 0 Å². The summed E-state index contributed by atoms with van der Waals surface area (Å²) in [6, 6.07) is 0. The van der Waals surface area contributed by atoms with Crippen LogP contribution in [-0.4, -0.2) is 37.5 Å². The Bertz CT molecular complexity index is 122. The molecule has 1 heterocycles. The van der Waals surface area contributed by atoms with Gasteiger partial charge in [-0.2, -0.15) is 0 Å². The monoisotopic (exact) mass is 256 g/mol. The molecule has 1 fully saturated rings. The van der Waals surface area contributed by atoms with Crippen LogP contribution in [0.2, 0.25) is 0 Å². The van der Waals surface area contributed by atoms with Crippen LogP contribution in [0, 0.1) is 0 Å². The van der Waals surface area contributed by atoms with Crippen molar-refractivity contribution in [1.82, 2.24) is 0 Å². The second kappa shape index (κ2) is 3.67. The van der Waals surface area contributed by atoms with Gasteiger partial charge in [-0.25, -0.2) is 0 Å². The molecule has 0 atom stereocenters. The second-order valence-corrected chi connectivity index (χ2v) is 3.42. The number of ketones is 1. The normalized spacial score (nSPS) is 23.6. The maximum absolute atomic E-state index is 10.7. The Morgan fingerprint density at radius 2 is 1.60 bits per heavy atom. The van der Waals surface area contributed by atoms with E-state index >= 15 is 0 Å². The van der Waals surface area contributed by atoms with Crippen LogP contribution in [0.25, 0.3) is 0 Å². The fraction of sp³-hybridized carbons (Fsp3) is 0.857. The average Bonchev–Trinajstić information content (AvgIpc) is 1.78. The average molecular weight is 256 g/mol. The first-order valence-corrected chi connectivity index (χ1v) is 3.44. The molecular formula is C7H15INO+. The molecular weight excluding hydrogens is 241 g/mol. The van der Waals surface area contributed by atoms with Gasteiger partial charge in [0.1, 0.15) is 5.78 Å². The molecule has 1 saturated heterocycles. The molecule has 0 amide bonds. The van der Waals surface area contributed by atoms with Crippen molar-refractivity contribution >= 4 is 29.8 Å². The van der Waals surface area contributed by atoms with Crippen molar-refractivity contribution in [3.8, 4) is 0 Å². The maximum atomic E-state index is 10.7. The highest BCUT2D eigenvalue weighted by Crippen LogP contribution is 2.09. The van der Waals surface area contributed by atoms with Gasteiger partial charge in [0.15, 0.2) is 0 Å². The van der Waals surface area contributed by atoms with Crippen LogP contribution in [-0.2, 0) is 4.79 Å². The fourth-order valence-corrected chi connectivity index (χ4v) is 1.09. The number of Topliss-reactive ketones (excluding diaryl/α,β-unsaturated/α-hetero) is 1. The molecule has 0 spiro atoms. The van der Waals surface area contributed by atoms with Crippen LogP contribution in [0.3, 0.4) is 0 Å². The Balaban J connectivity index is 0.000000810. The lowest BCUT2D eigenvalue weighted by Gasteiger charge is -2.32. The Labute approximate surface area is 79.2 Å². The number of quaternary nitrogens is 1. The van der Waals surface area contributed by atoms with E-state index in [-0.39, 0.29) is 24.0 Å². The van der Waals surface area contributed by atoms with Gasteiger partial charge in [0.25, 0.3) is 0 Å². The standard InChI is InChI=1S/C7H14NO.HI/c1-8(2)5-3-7(9)4-6-8;/h3-6H2,1-2H3;1H/q+1;. The van der Waals surface area contributed by atoms with Gasteiger partial charge >= 0.3 is 0 Å². The Hall–Kier alpha value is 0.360. The number of halogens is 1. The molecule has 3 heteroatoms. The van der Waals surface area contributed by atoms with Gasteiger partial charge in [0, 0.05) is 0 Å². The zero-order valence-electron chi connectivity index (χ0n) is 6.59. The predicted octanol–water partition coefficient (Wildman–Crippen LogP) is 1.04. The molecule has 60 valence electrons. The van der Waals surface area contributed by atoms with Crippen LogP contribution in [0.15, 0.2) is 0 Å². The fourth-order valence-electron chi connectivity index (χ4n) is 1.09. The van der Waals surface area contributed by atoms with Crippen molar-refractivity contribution in [1.29, 1.82) is 0 Å². The summed E-state index contributed by atoms with van der Waals surface area (Å²) < 4.78 is 1.02. The van der Waals surface area contributed by atoms with Gasteiger partial charge in [0.05, 0.1) is 40.0 Å². The van der Waals surface area contributed by atoms with Crippen molar-refractivity contribution in [2.24, 2.45) is 0 Å². The third-order valence-electron chi connectivity index (χ3n) is 1.99. The summed E-state index contributed by atoms with van der Waals surface area (Å²) >= 11 is 0. The largest absolute Gasteiger partial charge is 0.328 e. The van der Waals surface area contributed by atoms with E-state index in [1.54, 1.807) is 0 Å². The summed E-state index contributed by atoms with van der Waals surface area (Å²) in [7, 11) is 4.35. The smallest absolute Gasteiger partial charge is 0.144 e. The third-order valence-corrected chi connectivity index (χ3v) is 1.99. The molecule has 0 bridgehead atoms. The SMILES string of the molecule is C[N+]1(C)CCC(=O)CC1.I. The maximum Gasteiger partial charge on any atom is 0.144 e. The Morgan fingerprint density at radius 3 is 1.90 bits per heavy atom. The Kier molecular flexibility index (Phi) is 3.80. The molecule has 0 aliphatic carbocycles. The molecule has 1 rings (SSSR count). The Morgan fingerprint density at radius 1 is 1.20 bits per heavy atom. The molecule has 0 aromatic carbocycles. The number of piperidine rings is 1. The summed E-state index contributed by atoms with van der Waals surface area (Å²) in [6.45, 7) is 2.05. The first-order chi connectivity index (χ1) is 4.10. The first kappa shape index (κ1) is 10.4. The number of hydrogen-bond acceptors (Lipinski definition) is 1. The van der Waals surface area contributed by atoms with Crippen LogP contribution in [0.5, 0.6) is 0 Å². The van der Waals surface area contributed by atoms with E-state index < -0.39 is 0 Å². The van der Waals surface area contributed by atoms with Crippen molar-refractivity contribution in [2.45, 2.75) is 12.8 Å². The molecule has 1 aliphatic heterocycles. The minimum atomic E-state index is 0. The third kappa shape index (κ3) is 2.96. The summed E-state index contributed by atoms with van der Waals surface area (Å²) in [4.78, 5) is 10.7. The predicted molar refractivity (Wildman–Crippen MR) is 51.5 cm³/mol. The number of carbonyl (C=O) groups is 1. The molecule has 2 nitrogen and oxygen atoms in total. The number of nitrogens with zero attached hydrogens (tertiary/aromatic N) is 1. The summed E-state index contributed by atoms with van der Waals surface area (Å²) in [5.41, 5.74) is 0.